The maximum Gasteiger partial charge on any atom is 0.258 e. The molecule has 0 bridgehead atoms. The zero-order valence-electron chi connectivity index (χ0n) is 17.2. The standard InChI is InChI=1S/C24H23ClN2O3S/c1-26(17-18-6-3-2-4-7-18)31(29,30)22-13-14-23-20(16-22)8-5-15-27(23)24(28)19-9-11-21(25)12-10-19/h2-4,6-7,9-14,16H,5,8,15,17H2,1H3. The largest absolute Gasteiger partial charge is 0.308 e. The second kappa shape index (κ2) is 8.83. The molecule has 0 atom stereocenters. The van der Waals surface area contributed by atoms with Crippen molar-refractivity contribution in [3.63, 3.8) is 0 Å². The first-order valence-corrected chi connectivity index (χ1v) is 11.9. The van der Waals surface area contributed by atoms with Crippen molar-refractivity contribution in [2.24, 2.45) is 0 Å². The summed E-state index contributed by atoms with van der Waals surface area (Å²) in [5, 5.41) is 0.574. The molecule has 1 amide bonds. The second-order valence-corrected chi connectivity index (χ2v) is 10.1. The molecule has 7 heteroatoms. The molecule has 1 heterocycles. The van der Waals surface area contributed by atoms with Crippen molar-refractivity contribution in [3.8, 4) is 0 Å². The molecule has 0 aliphatic carbocycles. The van der Waals surface area contributed by atoms with E-state index in [0.29, 0.717) is 23.7 Å². The van der Waals surface area contributed by atoms with E-state index in [0.717, 1.165) is 29.7 Å². The van der Waals surface area contributed by atoms with Crippen LogP contribution in [-0.4, -0.2) is 32.2 Å². The Morgan fingerprint density at radius 1 is 1.03 bits per heavy atom. The van der Waals surface area contributed by atoms with Crippen LogP contribution >= 0.6 is 11.6 Å². The number of aryl methyl sites for hydroxylation is 1. The molecule has 0 radical (unpaired) electrons. The molecule has 31 heavy (non-hydrogen) atoms. The maximum atomic E-state index is 13.1. The van der Waals surface area contributed by atoms with Gasteiger partial charge in [0.05, 0.1) is 4.90 Å². The van der Waals surface area contributed by atoms with Crippen LogP contribution < -0.4 is 4.90 Å². The lowest BCUT2D eigenvalue weighted by molar-refractivity contribution is 0.0985. The van der Waals surface area contributed by atoms with Crippen LogP contribution in [0.4, 0.5) is 5.69 Å². The van der Waals surface area contributed by atoms with Gasteiger partial charge in [-0.25, -0.2) is 8.42 Å². The zero-order valence-corrected chi connectivity index (χ0v) is 18.7. The molecule has 1 aliphatic rings. The summed E-state index contributed by atoms with van der Waals surface area (Å²) in [4.78, 5) is 15.0. The van der Waals surface area contributed by atoms with Gasteiger partial charge >= 0.3 is 0 Å². The molecule has 1 aliphatic heterocycles. The topological polar surface area (TPSA) is 57.7 Å². The molecule has 0 N–H and O–H groups in total. The average Bonchev–Trinajstić information content (AvgIpc) is 2.79. The fourth-order valence-corrected chi connectivity index (χ4v) is 5.13. The minimum Gasteiger partial charge on any atom is -0.308 e. The van der Waals surface area contributed by atoms with Crippen LogP contribution in [0.3, 0.4) is 0 Å². The summed E-state index contributed by atoms with van der Waals surface area (Å²) in [5.74, 6) is -0.116. The van der Waals surface area contributed by atoms with Gasteiger partial charge in [-0.2, -0.15) is 4.31 Å². The highest BCUT2D eigenvalue weighted by molar-refractivity contribution is 7.89. The van der Waals surface area contributed by atoms with Crippen LogP contribution in [0.2, 0.25) is 5.02 Å². The van der Waals surface area contributed by atoms with Crippen LogP contribution in [-0.2, 0) is 23.0 Å². The predicted molar refractivity (Wildman–Crippen MR) is 123 cm³/mol. The molecule has 0 aromatic heterocycles. The van der Waals surface area contributed by atoms with Gasteiger partial charge in [0.25, 0.3) is 5.91 Å². The smallest absolute Gasteiger partial charge is 0.258 e. The van der Waals surface area contributed by atoms with E-state index < -0.39 is 10.0 Å². The van der Waals surface area contributed by atoms with E-state index in [9.17, 15) is 13.2 Å². The highest BCUT2D eigenvalue weighted by Gasteiger charge is 2.27. The van der Waals surface area contributed by atoms with Gasteiger partial charge in [-0.15, -0.1) is 0 Å². The van der Waals surface area contributed by atoms with Crippen LogP contribution in [0.1, 0.15) is 27.9 Å². The molecule has 0 spiro atoms. The number of nitrogens with zero attached hydrogens (tertiary/aromatic N) is 2. The molecular formula is C24H23ClN2O3S. The number of fused-ring (bicyclic) bond motifs is 1. The van der Waals surface area contributed by atoms with Gasteiger partial charge in [-0.3, -0.25) is 4.79 Å². The SMILES string of the molecule is CN(Cc1ccccc1)S(=O)(=O)c1ccc2c(c1)CCCN2C(=O)c1ccc(Cl)cc1. The first-order chi connectivity index (χ1) is 14.9. The summed E-state index contributed by atoms with van der Waals surface area (Å²) < 4.78 is 27.6. The molecule has 3 aromatic rings. The number of rotatable bonds is 5. The van der Waals surface area contributed by atoms with E-state index >= 15 is 0 Å². The van der Waals surface area contributed by atoms with Crippen molar-refractivity contribution in [1.82, 2.24) is 4.31 Å². The fourth-order valence-electron chi connectivity index (χ4n) is 3.80. The molecule has 3 aromatic carbocycles. The Balaban J connectivity index is 1.60. The van der Waals surface area contributed by atoms with Gasteiger partial charge in [0.2, 0.25) is 10.0 Å². The van der Waals surface area contributed by atoms with Crippen LogP contribution in [0.15, 0.2) is 77.7 Å². The number of amides is 1. The summed E-state index contributed by atoms with van der Waals surface area (Å²) >= 11 is 5.93. The fraction of sp³-hybridized carbons (Fsp3) is 0.208. The van der Waals surface area contributed by atoms with Gasteiger partial charge in [-0.1, -0.05) is 41.9 Å². The lowest BCUT2D eigenvalue weighted by Crippen LogP contribution is -2.35. The van der Waals surface area contributed by atoms with Crippen molar-refractivity contribution in [2.75, 3.05) is 18.5 Å². The molecule has 0 saturated heterocycles. The highest BCUT2D eigenvalue weighted by atomic mass is 35.5. The van der Waals surface area contributed by atoms with Crippen LogP contribution in [0, 0.1) is 0 Å². The number of sulfonamides is 1. The third-order valence-corrected chi connectivity index (χ3v) is 7.51. The number of carbonyl (C=O) groups is 1. The van der Waals surface area contributed by atoms with E-state index in [-0.39, 0.29) is 10.8 Å². The summed E-state index contributed by atoms with van der Waals surface area (Å²) in [6.07, 6.45) is 1.50. The Labute approximate surface area is 187 Å². The number of halogens is 1. The number of hydrogen-bond acceptors (Lipinski definition) is 3. The monoisotopic (exact) mass is 454 g/mol. The minimum atomic E-state index is -3.65. The van der Waals surface area contributed by atoms with Crippen molar-refractivity contribution in [3.05, 3.63) is 94.5 Å². The van der Waals surface area contributed by atoms with E-state index in [1.807, 2.05) is 30.3 Å². The lowest BCUT2D eigenvalue weighted by Gasteiger charge is -2.30. The third-order valence-electron chi connectivity index (χ3n) is 5.46. The Kier molecular flexibility index (Phi) is 6.14. The Hall–Kier alpha value is -2.67. The third kappa shape index (κ3) is 4.51. The molecule has 160 valence electrons. The predicted octanol–water partition coefficient (Wildman–Crippen LogP) is 4.75. The molecule has 0 unspecified atom stereocenters. The quantitative estimate of drug-likeness (QED) is 0.558. The summed E-state index contributed by atoms with van der Waals surface area (Å²) in [6, 6.07) is 21.3. The van der Waals surface area contributed by atoms with Crippen molar-refractivity contribution in [1.29, 1.82) is 0 Å². The van der Waals surface area contributed by atoms with Gasteiger partial charge in [0.1, 0.15) is 0 Å². The van der Waals surface area contributed by atoms with Crippen LogP contribution in [0.5, 0.6) is 0 Å². The van der Waals surface area contributed by atoms with Gasteiger partial charge in [0, 0.05) is 36.4 Å². The van der Waals surface area contributed by atoms with Gasteiger partial charge in [0.15, 0.2) is 0 Å². The summed E-state index contributed by atoms with van der Waals surface area (Å²) in [6.45, 7) is 0.885. The Morgan fingerprint density at radius 3 is 2.45 bits per heavy atom. The molecule has 0 saturated carbocycles. The lowest BCUT2D eigenvalue weighted by atomic mass is 10.0. The highest BCUT2D eigenvalue weighted by Crippen LogP contribution is 2.31. The van der Waals surface area contributed by atoms with Crippen molar-refractivity contribution >= 4 is 33.2 Å². The van der Waals surface area contributed by atoms with Gasteiger partial charge < -0.3 is 4.90 Å². The summed E-state index contributed by atoms with van der Waals surface area (Å²) in [7, 11) is -2.07. The summed E-state index contributed by atoms with van der Waals surface area (Å²) in [5.41, 5.74) is 3.10. The minimum absolute atomic E-state index is 0.116. The molecule has 5 nitrogen and oxygen atoms in total. The normalized spacial score (nSPS) is 13.8. The first-order valence-electron chi connectivity index (χ1n) is 10.1. The zero-order chi connectivity index (χ0) is 22.0. The maximum absolute atomic E-state index is 13.1. The second-order valence-electron chi connectivity index (χ2n) is 7.60. The first kappa shape index (κ1) is 21.6. The van der Waals surface area contributed by atoms with E-state index in [2.05, 4.69) is 0 Å². The van der Waals surface area contributed by atoms with Crippen LogP contribution in [0.25, 0.3) is 0 Å². The van der Waals surface area contributed by atoms with E-state index in [1.165, 1.54) is 4.31 Å². The van der Waals surface area contributed by atoms with Crippen molar-refractivity contribution < 1.29 is 13.2 Å². The number of hydrogen-bond donors (Lipinski definition) is 0. The number of carbonyl (C=O) groups excluding carboxylic acids is 1. The molecular weight excluding hydrogens is 432 g/mol. The number of anilines is 1. The van der Waals surface area contributed by atoms with E-state index in [4.69, 9.17) is 11.6 Å². The molecule has 4 rings (SSSR count). The number of benzene rings is 3. The average molecular weight is 455 g/mol. The Morgan fingerprint density at radius 2 is 1.74 bits per heavy atom. The molecule has 0 fully saturated rings. The Bertz CT molecular complexity index is 1200. The van der Waals surface area contributed by atoms with E-state index in [1.54, 1.807) is 54.4 Å². The van der Waals surface area contributed by atoms with Gasteiger partial charge in [-0.05, 0) is 66.4 Å². The van der Waals surface area contributed by atoms with Crippen molar-refractivity contribution in [2.45, 2.75) is 24.3 Å².